The van der Waals surface area contributed by atoms with E-state index in [0.717, 1.165) is 63.8 Å². The molecule has 0 aliphatic carbocycles. The number of imidazole rings is 2. The van der Waals surface area contributed by atoms with Gasteiger partial charge in [-0.2, -0.15) is 0 Å². The molecule has 3 aliphatic rings. The van der Waals surface area contributed by atoms with Crippen molar-refractivity contribution < 1.29 is 33.4 Å². The first-order valence-corrected chi connectivity index (χ1v) is 25.8. The van der Waals surface area contributed by atoms with Gasteiger partial charge in [-0.3, -0.25) is 24.5 Å². The van der Waals surface area contributed by atoms with Gasteiger partial charge in [0, 0.05) is 45.3 Å². The molecular weight excluding hydrogens is 833 g/mol. The molecule has 2 aromatic carbocycles. The maximum absolute atomic E-state index is 13.8. The third-order valence-corrected chi connectivity index (χ3v) is 13.6. The van der Waals surface area contributed by atoms with E-state index in [-0.39, 0.29) is 36.8 Å². The lowest BCUT2D eigenvalue weighted by Crippen LogP contribution is -2.57. The lowest BCUT2D eigenvalue weighted by atomic mass is 10.1. The van der Waals surface area contributed by atoms with E-state index < -0.39 is 31.9 Å². The molecule has 5 aromatic rings. The number of nitrogens with zero attached hydrogens (tertiary/aromatic N) is 8. The molecule has 8 rings (SSSR count). The molecule has 4 amide bonds. The van der Waals surface area contributed by atoms with Crippen LogP contribution in [0, 0.1) is 0 Å². The van der Waals surface area contributed by atoms with E-state index in [1.54, 1.807) is 17.3 Å². The van der Waals surface area contributed by atoms with Crippen LogP contribution in [0.5, 0.6) is 0 Å². The van der Waals surface area contributed by atoms with Gasteiger partial charge in [-0.15, -0.1) is 0 Å². The Morgan fingerprint density at radius 3 is 2.36 bits per heavy atom. The minimum absolute atomic E-state index is 0.128. The number of alkyl carbamates (subject to hydrolysis) is 1. The third-order valence-electron chi connectivity index (χ3n) is 11.9. The van der Waals surface area contributed by atoms with Crippen molar-refractivity contribution in [3.05, 3.63) is 72.7 Å². The summed E-state index contributed by atoms with van der Waals surface area (Å²) in [6, 6.07) is 13.3. The molecule has 0 saturated carbocycles. The maximum Gasteiger partial charge on any atom is 0.410 e. The molecule has 338 valence electrons. The van der Waals surface area contributed by atoms with Crippen molar-refractivity contribution in [2.45, 2.75) is 115 Å². The Balaban J connectivity index is 1.01. The van der Waals surface area contributed by atoms with Crippen LogP contribution in [0.2, 0.25) is 25.7 Å². The average Bonchev–Trinajstić information content (AvgIpc) is 4.04. The van der Waals surface area contributed by atoms with Crippen molar-refractivity contribution in [1.82, 2.24) is 49.7 Å². The highest BCUT2D eigenvalue weighted by Gasteiger charge is 2.44. The van der Waals surface area contributed by atoms with Gasteiger partial charge < -0.3 is 29.1 Å². The number of hydrogen-bond donors (Lipinski definition) is 2. The van der Waals surface area contributed by atoms with E-state index in [1.807, 2.05) is 69.4 Å². The first kappa shape index (κ1) is 44.5. The molecule has 2 N–H and O–H groups in total. The topological polar surface area (TPSA) is 190 Å². The molecule has 3 aromatic heterocycles. The molecular formula is C46H58N10O7Si. The number of carbonyl (C=O) groups excluding carboxylic acids is 4. The monoisotopic (exact) mass is 890 g/mol. The summed E-state index contributed by atoms with van der Waals surface area (Å²) in [5, 5.41) is 5.55. The number of aromatic amines is 1. The molecule has 0 unspecified atom stereocenters. The number of fused-ring (bicyclic) bond motifs is 2. The van der Waals surface area contributed by atoms with Gasteiger partial charge in [0.25, 0.3) is 5.91 Å². The van der Waals surface area contributed by atoms with Gasteiger partial charge in [0.2, 0.25) is 5.91 Å². The fraction of sp³-hybridized carbons (Fsp3) is 0.478. The fourth-order valence-electron chi connectivity index (χ4n) is 8.53. The zero-order valence-electron chi connectivity index (χ0n) is 37.7. The van der Waals surface area contributed by atoms with Gasteiger partial charge in [0.15, 0.2) is 0 Å². The Labute approximate surface area is 373 Å². The maximum atomic E-state index is 13.8. The molecule has 18 heteroatoms. The van der Waals surface area contributed by atoms with E-state index in [2.05, 4.69) is 39.5 Å². The van der Waals surface area contributed by atoms with Crippen molar-refractivity contribution in [3.8, 4) is 33.8 Å². The SMILES string of the molecule is COC(=O)N[C@H]1CCC(=O)N2CCC[C@@H](c3ncc(-c4ccc(-c5cnc6cc(-c7cnc([C@@H]8CCCN8C(=O)OC(C)(C)C)n7COCC[Si](C)(C)C)ccc6n5)cc4)[nH]3)N2C1=O. The van der Waals surface area contributed by atoms with Crippen LogP contribution >= 0.6 is 0 Å². The summed E-state index contributed by atoms with van der Waals surface area (Å²) in [6.45, 7) is 14.6. The van der Waals surface area contributed by atoms with Gasteiger partial charge in [-0.25, -0.2) is 29.5 Å². The number of hydrazine groups is 1. The zero-order valence-corrected chi connectivity index (χ0v) is 38.7. The number of H-pyrrole nitrogens is 1. The molecule has 3 aliphatic heterocycles. The van der Waals surface area contributed by atoms with Crippen LogP contribution in [0.15, 0.2) is 61.1 Å². The first-order valence-electron chi connectivity index (χ1n) is 22.1. The predicted molar refractivity (Wildman–Crippen MR) is 242 cm³/mol. The Kier molecular flexibility index (Phi) is 12.6. The van der Waals surface area contributed by atoms with Crippen molar-refractivity contribution in [3.63, 3.8) is 0 Å². The highest BCUT2D eigenvalue weighted by Crippen LogP contribution is 2.37. The summed E-state index contributed by atoms with van der Waals surface area (Å²) in [5.41, 5.74) is 5.87. The Morgan fingerprint density at radius 1 is 0.875 bits per heavy atom. The van der Waals surface area contributed by atoms with Gasteiger partial charge in [-0.05, 0) is 76.6 Å². The highest BCUT2D eigenvalue weighted by atomic mass is 28.3. The normalized spacial score (nSPS) is 19.5. The quantitative estimate of drug-likeness (QED) is 0.0970. The van der Waals surface area contributed by atoms with E-state index in [0.29, 0.717) is 50.8 Å². The second-order valence-corrected chi connectivity index (χ2v) is 24.5. The van der Waals surface area contributed by atoms with Crippen LogP contribution in [-0.2, 0) is 30.5 Å². The van der Waals surface area contributed by atoms with Crippen LogP contribution < -0.4 is 5.32 Å². The number of ether oxygens (including phenoxy) is 3. The van der Waals surface area contributed by atoms with Gasteiger partial charge in [0.1, 0.15) is 36.1 Å². The van der Waals surface area contributed by atoms with E-state index in [4.69, 9.17) is 29.2 Å². The summed E-state index contributed by atoms with van der Waals surface area (Å²) in [6.07, 6.45) is 7.54. The largest absolute Gasteiger partial charge is 0.453 e. The standard InChI is InChI=1S/C46H58N10O7Si/c1-46(2,3)63-45(60)53-20-8-11-38(53)42-49-27-39(54(42)28-62-22-23-64(5,6)7)31-16-17-32-34(24-31)47-25-35(50-32)29-12-14-30(15-13-29)36-26-48-41(51-36)37-10-9-21-55-40(57)19-18-33(43(58)56(37)55)52-44(59)61-4/h12-17,24-27,33,37-38H,8-11,18-23,28H2,1-7H3,(H,48,51)(H,52,59)/t33-,37-,38-/m0/s1. The van der Waals surface area contributed by atoms with Gasteiger partial charge in [0.05, 0.1) is 59.9 Å². The molecule has 0 radical (unpaired) electrons. The second-order valence-electron chi connectivity index (χ2n) is 18.9. The van der Waals surface area contributed by atoms with Gasteiger partial charge in [-0.1, -0.05) is 50.0 Å². The number of rotatable bonds is 11. The summed E-state index contributed by atoms with van der Waals surface area (Å²) in [4.78, 5) is 76.8. The van der Waals surface area contributed by atoms with Crippen LogP contribution in [0.1, 0.15) is 83.0 Å². The Hall–Kier alpha value is -6.14. The van der Waals surface area contributed by atoms with Crippen molar-refractivity contribution >= 4 is 43.1 Å². The molecule has 6 heterocycles. The number of methoxy groups -OCH3 is 1. The number of hydrogen-bond acceptors (Lipinski definition) is 11. The molecule has 0 spiro atoms. The number of carbonyl (C=O) groups is 4. The molecule has 3 saturated heterocycles. The summed E-state index contributed by atoms with van der Waals surface area (Å²) in [5.74, 6) is 0.784. The Bertz CT molecular complexity index is 2530. The van der Waals surface area contributed by atoms with Crippen LogP contribution in [-0.4, -0.2) is 115 Å². The summed E-state index contributed by atoms with van der Waals surface area (Å²) >= 11 is 0. The molecule has 64 heavy (non-hydrogen) atoms. The third kappa shape index (κ3) is 9.67. The van der Waals surface area contributed by atoms with Crippen molar-refractivity contribution in [1.29, 1.82) is 0 Å². The molecule has 17 nitrogen and oxygen atoms in total. The lowest BCUT2D eigenvalue weighted by molar-refractivity contribution is -0.174. The number of likely N-dealkylation sites (tertiary alicyclic amines) is 1. The first-order chi connectivity index (χ1) is 30.6. The molecule has 3 atom stereocenters. The van der Waals surface area contributed by atoms with E-state index in [9.17, 15) is 19.2 Å². The summed E-state index contributed by atoms with van der Waals surface area (Å²) < 4.78 is 18.9. The Morgan fingerprint density at radius 2 is 1.61 bits per heavy atom. The predicted octanol–water partition coefficient (Wildman–Crippen LogP) is 7.86. The zero-order chi connectivity index (χ0) is 45.3. The lowest BCUT2D eigenvalue weighted by Gasteiger charge is -2.42. The number of nitrogens with one attached hydrogen (secondary N) is 2. The second kappa shape index (κ2) is 18.2. The van der Waals surface area contributed by atoms with E-state index in [1.165, 1.54) is 17.1 Å². The minimum Gasteiger partial charge on any atom is -0.453 e. The summed E-state index contributed by atoms with van der Waals surface area (Å²) in [7, 11) is -0.0778. The van der Waals surface area contributed by atoms with Crippen LogP contribution in [0.3, 0.4) is 0 Å². The fourth-order valence-corrected chi connectivity index (χ4v) is 9.29. The number of amides is 4. The number of aromatic nitrogens is 6. The molecule has 0 bridgehead atoms. The van der Waals surface area contributed by atoms with Crippen LogP contribution in [0.25, 0.3) is 44.8 Å². The highest BCUT2D eigenvalue weighted by molar-refractivity contribution is 6.76. The van der Waals surface area contributed by atoms with Crippen molar-refractivity contribution in [2.75, 3.05) is 26.8 Å². The minimum atomic E-state index is -1.32. The smallest absolute Gasteiger partial charge is 0.410 e. The molecule has 3 fully saturated rings. The van der Waals surface area contributed by atoms with Crippen molar-refractivity contribution in [2.24, 2.45) is 0 Å². The van der Waals surface area contributed by atoms with E-state index >= 15 is 0 Å². The number of benzene rings is 2. The van der Waals surface area contributed by atoms with Crippen LogP contribution in [0.4, 0.5) is 9.59 Å². The average molecular weight is 891 g/mol. The van der Waals surface area contributed by atoms with Gasteiger partial charge >= 0.3 is 12.2 Å².